The molecule has 2 amide bonds. The molecule has 3 rings (SSSR count). The molecule has 0 radical (unpaired) electrons. The maximum Gasteiger partial charge on any atom is 0.259 e. The van der Waals surface area contributed by atoms with Crippen molar-refractivity contribution in [1.82, 2.24) is 0 Å². The number of benzene rings is 2. The van der Waals surface area contributed by atoms with Crippen LogP contribution in [0.3, 0.4) is 0 Å². The molecule has 1 saturated heterocycles. The highest BCUT2D eigenvalue weighted by Gasteiger charge is 2.46. The lowest BCUT2D eigenvalue weighted by molar-refractivity contribution is -0.126. The number of aliphatic hydroxyl groups excluding tert-OH is 1. The standard InChI is InChI=1S/C20H20N2O4/c1-14(13-23)7-12-18-19(25)21(15-5-3-2-4-6-15)22(20(18)26)16-8-10-17(24)11-9-16/h2-11,18,23-24H,12-13H2,1H3/b14-7+. The molecule has 1 aliphatic rings. The summed E-state index contributed by atoms with van der Waals surface area (Å²) in [5.74, 6) is -1.44. The number of rotatable bonds is 5. The van der Waals surface area contributed by atoms with Crippen LogP contribution in [0.15, 0.2) is 66.2 Å². The van der Waals surface area contributed by atoms with Crippen LogP contribution in [0.2, 0.25) is 0 Å². The minimum Gasteiger partial charge on any atom is -0.508 e. The number of aliphatic hydroxyl groups is 1. The van der Waals surface area contributed by atoms with Crippen molar-refractivity contribution in [2.45, 2.75) is 13.3 Å². The highest BCUT2D eigenvalue weighted by molar-refractivity contribution is 6.23. The van der Waals surface area contributed by atoms with E-state index < -0.39 is 5.92 Å². The van der Waals surface area contributed by atoms with E-state index in [4.69, 9.17) is 5.11 Å². The van der Waals surface area contributed by atoms with Crippen LogP contribution in [-0.4, -0.2) is 28.6 Å². The first-order valence-corrected chi connectivity index (χ1v) is 8.31. The van der Waals surface area contributed by atoms with E-state index in [0.29, 0.717) is 16.9 Å². The number of carbonyl (C=O) groups excluding carboxylic acids is 2. The third kappa shape index (κ3) is 3.32. The predicted octanol–water partition coefficient (Wildman–Crippen LogP) is 2.63. The number of allylic oxidation sites excluding steroid dienone is 1. The smallest absolute Gasteiger partial charge is 0.259 e. The SMILES string of the molecule is C/C(=C\CC1C(=O)N(c2ccccc2)N(c2ccc(O)cc2)C1=O)CO. The fraction of sp³-hybridized carbons (Fsp3) is 0.200. The first kappa shape index (κ1) is 17.7. The zero-order valence-corrected chi connectivity index (χ0v) is 14.4. The Morgan fingerprint density at radius 3 is 2.04 bits per heavy atom. The predicted molar refractivity (Wildman–Crippen MR) is 98.5 cm³/mol. The maximum absolute atomic E-state index is 13.0. The summed E-state index contributed by atoms with van der Waals surface area (Å²) in [5, 5.41) is 21.4. The Hall–Kier alpha value is -3.12. The Balaban J connectivity index is 2.02. The third-order valence-corrected chi connectivity index (χ3v) is 4.26. The molecule has 2 N–H and O–H groups in total. The van der Waals surface area contributed by atoms with Gasteiger partial charge in [0.05, 0.1) is 18.0 Å². The molecule has 1 fully saturated rings. The minimum atomic E-state index is -0.856. The summed E-state index contributed by atoms with van der Waals surface area (Å²) in [6, 6.07) is 15.1. The molecule has 1 atom stereocenters. The molecule has 1 unspecified atom stereocenters. The molecule has 134 valence electrons. The number of phenolic OH excluding ortho intramolecular Hbond substituents is 1. The molecule has 2 aromatic carbocycles. The van der Waals surface area contributed by atoms with Crippen molar-refractivity contribution >= 4 is 23.2 Å². The first-order valence-electron chi connectivity index (χ1n) is 8.31. The van der Waals surface area contributed by atoms with Gasteiger partial charge >= 0.3 is 0 Å². The van der Waals surface area contributed by atoms with E-state index in [1.807, 2.05) is 6.07 Å². The molecule has 6 nitrogen and oxygen atoms in total. The zero-order chi connectivity index (χ0) is 18.7. The van der Waals surface area contributed by atoms with E-state index in [9.17, 15) is 14.7 Å². The second kappa shape index (κ2) is 7.41. The second-order valence-electron chi connectivity index (χ2n) is 6.15. The van der Waals surface area contributed by atoms with Gasteiger partial charge in [0.15, 0.2) is 0 Å². The van der Waals surface area contributed by atoms with Gasteiger partial charge in [-0.15, -0.1) is 0 Å². The number of hydrazine groups is 1. The first-order chi connectivity index (χ1) is 12.5. The van der Waals surface area contributed by atoms with Gasteiger partial charge in [0.25, 0.3) is 11.8 Å². The van der Waals surface area contributed by atoms with E-state index in [0.717, 1.165) is 0 Å². The summed E-state index contributed by atoms with van der Waals surface area (Å²) in [5.41, 5.74) is 1.79. The molecule has 26 heavy (non-hydrogen) atoms. The van der Waals surface area contributed by atoms with Gasteiger partial charge in [-0.25, -0.2) is 10.0 Å². The average Bonchev–Trinajstić information content (AvgIpc) is 2.91. The van der Waals surface area contributed by atoms with Gasteiger partial charge in [-0.05, 0) is 49.7 Å². The van der Waals surface area contributed by atoms with Crippen LogP contribution in [0.25, 0.3) is 0 Å². The Morgan fingerprint density at radius 2 is 1.50 bits per heavy atom. The van der Waals surface area contributed by atoms with E-state index >= 15 is 0 Å². The van der Waals surface area contributed by atoms with Crippen LogP contribution in [0.5, 0.6) is 5.75 Å². The Labute approximate surface area is 151 Å². The fourth-order valence-electron chi connectivity index (χ4n) is 2.83. The maximum atomic E-state index is 13.0. The molecule has 0 aliphatic carbocycles. The lowest BCUT2D eigenvalue weighted by atomic mass is 10.0. The van der Waals surface area contributed by atoms with Gasteiger partial charge in [-0.1, -0.05) is 29.8 Å². The lowest BCUT2D eigenvalue weighted by Crippen LogP contribution is -2.41. The quantitative estimate of drug-likeness (QED) is 0.640. The van der Waals surface area contributed by atoms with Crippen LogP contribution < -0.4 is 10.0 Å². The average molecular weight is 352 g/mol. The summed E-state index contributed by atoms with van der Waals surface area (Å²) >= 11 is 0. The summed E-state index contributed by atoms with van der Waals surface area (Å²) < 4.78 is 0. The molecule has 0 saturated carbocycles. The highest BCUT2D eigenvalue weighted by atomic mass is 16.3. The van der Waals surface area contributed by atoms with Crippen molar-refractivity contribution in [1.29, 1.82) is 0 Å². The fourth-order valence-corrected chi connectivity index (χ4v) is 2.83. The lowest BCUT2D eigenvalue weighted by Gasteiger charge is -2.27. The monoisotopic (exact) mass is 352 g/mol. The van der Waals surface area contributed by atoms with Crippen LogP contribution in [0.4, 0.5) is 11.4 Å². The molecule has 2 aromatic rings. The van der Waals surface area contributed by atoms with Crippen LogP contribution in [0, 0.1) is 5.92 Å². The summed E-state index contributed by atoms with van der Waals surface area (Å²) in [6.07, 6.45) is 1.94. The molecule has 0 aromatic heterocycles. The van der Waals surface area contributed by atoms with E-state index in [2.05, 4.69) is 0 Å². The zero-order valence-electron chi connectivity index (χ0n) is 14.4. The van der Waals surface area contributed by atoms with E-state index in [-0.39, 0.29) is 30.6 Å². The van der Waals surface area contributed by atoms with Crippen molar-refractivity contribution in [3.8, 4) is 5.75 Å². The number of phenols is 1. The number of carbonyl (C=O) groups is 2. The van der Waals surface area contributed by atoms with Crippen molar-refractivity contribution in [3.05, 3.63) is 66.2 Å². The molecular formula is C20H20N2O4. The van der Waals surface area contributed by atoms with Crippen LogP contribution in [0.1, 0.15) is 13.3 Å². The minimum absolute atomic E-state index is 0.0797. The molecular weight excluding hydrogens is 332 g/mol. The largest absolute Gasteiger partial charge is 0.508 e. The van der Waals surface area contributed by atoms with Crippen molar-refractivity contribution < 1.29 is 19.8 Å². The third-order valence-electron chi connectivity index (χ3n) is 4.26. The number of amides is 2. The summed E-state index contributed by atoms with van der Waals surface area (Å²) in [4.78, 5) is 26.0. The number of hydrogen-bond acceptors (Lipinski definition) is 4. The Kier molecular flexibility index (Phi) is 5.04. The van der Waals surface area contributed by atoms with Gasteiger partial charge in [-0.2, -0.15) is 0 Å². The van der Waals surface area contributed by atoms with Gasteiger partial charge in [0.2, 0.25) is 0 Å². The summed E-state index contributed by atoms with van der Waals surface area (Å²) in [6.45, 7) is 1.63. The molecule has 0 bridgehead atoms. The molecule has 0 spiro atoms. The topological polar surface area (TPSA) is 81.1 Å². The van der Waals surface area contributed by atoms with Crippen LogP contribution >= 0.6 is 0 Å². The highest BCUT2D eigenvalue weighted by Crippen LogP contribution is 2.33. The number of aromatic hydroxyl groups is 1. The Morgan fingerprint density at radius 1 is 0.962 bits per heavy atom. The molecule has 6 heteroatoms. The molecule has 1 heterocycles. The van der Waals surface area contributed by atoms with Gasteiger partial charge in [-0.3, -0.25) is 9.59 Å². The number of para-hydroxylation sites is 1. The van der Waals surface area contributed by atoms with Gasteiger partial charge in [0.1, 0.15) is 11.7 Å². The normalized spacial score (nSPS) is 17.9. The summed E-state index contributed by atoms with van der Waals surface area (Å²) in [7, 11) is 0. The van der Waals surface area contributed by atoms with Crippen LogP contribution in [-0.2, 0) is 9.59 Å². The number of anilines is 2. The van der Waals surface area contributed by atoms with Crippen molar-refractivity contribution in [2.24, 2.45) is 5.92 Å². The van der Waals surface area contributed by atoms with Crippen molar-refractivity contribution in [2.75, 3.05) is 16.6 Å². The van der Waals surface area contributed by atoms with Crippen molar-refractivity contribution in [3.63, 3.8) is 0 Å². The van der Waals surface area contributed by atoms with Gasteiger partial charge < -0.3 is 10.2 Å². The molecule has 1 aliphatic heterocycles. The number of nitrogens with zero attached hydrogens (tertiary/aromatic N) is 2. The van der Waals surface area contributed by atoms with E-state index in [1.54, 1.807) is 49.4 Å². The Bertz CT molecular complexity index is 831. The second-order valence-corrected chi connectivity index (χ2v) is 6.15. The van der Waals surface area contributed by atoms with E-state index in [1.165, 1.54) is 22.2 Å². The number of hydrogen-bond donors (Lipinski definition) is 2. The van der Waals surface area contributed by atoms with Gasteiger partial charge in [0, 0.05) is 0 Å².